The number of fused-ring (bicyclic) bond motifs is 3. The standard InChI is InChI=1S/C35H44N2/c1-7-34(21-15-16-22-34)30-29-27-20-14-13-19-26(27)25-28(29)32(36(9-3)10-4)33(37(11-5)12-6)31(30)35(8-2)23-17-18-24-35/h13-24H,7-12,25H2,1-6H3. The maximum atomic E-state index is 2.65. The number of nitrogens with zero attached hydrogens (tertiary/aromatic N) is 2. The van der Waals surface area contributed by atoms with Gasteiger partial charge in [-0.2, -0.15) is 0 Å². The molecule has 194 valence electrons. The number of hydrogen-bond acceptors (Lipinski definition) is 2. The molecular formula is C35H44N2. The van der Waals surface area contributed by atoms with Gasteiger partial charge in [-0.05, 0) is 73.9 Å². The van der Waals surface area contributed by atoms with Gasteiger partial charge >= 0.3 is 0 Å². The summed E-state index contributed by atoms with van der Waals surface area (Å²) in [5.41, 5.74) is 11.7. The Labute approximate surface area is 225 Å². The topological polar surface area (TPSA) is 6.48 Å². The average molecular weight is 493 g/mol. The molecule has 0 unspecified atom stereocenters. The van der Waals surface area contributed by atoms with Crippen molar-refractivity contribution in [1.82, 2.24) is 0 Å². The van der Waals surface area contributed by atoms with E-state index in [1.165, 1.54) is 44.8 Å². The molecule has 0 amide bonds. The first kappa shape index (κ1) is 25.6. The van der Waals surface area contributed by atoms with E-state index in [4.69, 9.17) is 0 Å². The molecule has 5 rings (SSSR count). The minimum absolute atomic E-state index is 0.104. The van der Waals surface area contributed by atoms with E-state index in [-0.39, 0.29) is 10.8 Å². The highest BCUT2D eigenvalue weighted by Crippen LogP contribution is 2.59. The van der Waals surface area contributed by atoms with Crippen molar-refractivity contribution in [2.75, 3.05) is 36.0 Å². The SMILES string of the molecule is CCN(CC)c1c2c(c(C3(CC)C=CC=C3)c(C3(CC)C=CC=C3)c1N(CC)CC)-c1ccccc1C2. The zero-order valence-electron chi connectivity index (χ0n) is 23.8. The molecule has 0 heterocycles. The first-order chi connectivity index (χ1) is 18.0. The predicted octanol–water partition coefficient (Wildman–Crippen LogP) is 8.50. The second-order valence-corrected chi connectivity index (χ2v) is 10.7. The minimum Gasteiger partial charge on any atom is -0.370 e. The van der Waals surface area contributed by atoms with Crippen molar-refractivity contribution >= 4 is 11.4 Å². The Morgan fingerprint density at radius 1 is 0.622 bits per heavy atom. The number of hydrogen-bond donors (Lipinski definition) is 0. The Morgan fingerprint density at radius 2 is 1.11 bits per heavy atom. The van der Waals surface area contributed by atoms with E-state index >= 15 is 0 Å². The monoisotopic (exact) mass is 492 g/mol. The van der Waals surface area contributed by atoms with E-state index in [2.05, 4.69) is 124 Å². The Balaban J connectivity index is 2.06. The van der Waals surface area contributed by atoms with E-state index in [0.29, 0.717) is 0 Å². The van der Waals surface area contributed by atoms with Crippen LogP contribution in [0.1, 0.15) is 76.6 Å². The summed E-state index contributed by atoms with van der Waals surface area (Å²) >= 11 is 0. The summed E-state index contributed by atoms with van der Waals surface area (Å²) in [5, 5.41) is 0. The quantitative estimate of drug-likeness (QED) is 0.280. The average Bonchev–Trinajstić information content (AvgIpc) is 3.69. The molecule has 0 saturated heterocycles. The highest BCUT2D eigenvalue weighted by Gasteiger charge is 2.45. The van der Waals surface area contributed by atoms with Crippen LogP contribution >= 0.6 is 0 Å². The summed E-state index contributed by atoms with van der Waals surface area (Å²) in [7, 11) is 0. The van der Waals surface area contributed by atoms with E-state index in [1.54, 1.807) is 0 Å². The van der Waals surface area contributed by atoms with Gasteiger partial charge in [-0.1, -0.05) is 86.7 Å². The lowest BCUT2D eigenvalue weighted by Crippen LogP contribution is -2.36. The Bertz CT molecular complexity index is 1260. The minimum atomic E-state index is -0.117. The molecule has 2 aromatic carbocycles. The lowest BCUT2D eigenvalue weighted by Gasteiger charge is -2.43. The van der Waals surface area contributed by atoms with Crippen LogP contribution in [0.4, 0.5) is 11.4 Å². The van der Waals surface area contributed by atoms with Gasteiger partial charge in [0.1, 0.15) is 0 Å². The lowest BCUT2D eigenvalue weighted by molar-refractivity contribution is 0.591. The largest absolute Gasteiger partial charge is 0.370 e. The lowest BCUT2D eigenvalue weighted by atomic mass is 9.65. The van der Waals surface area contributed by atoms with Gasteiger partial charge in [0.2, 0.25) is 0 Å². The fourth-order valence-corrected chi connectivity index (χ4v) is 7.18. The first-order valence-electron chi connectivity index (χ1n) is 14.6. The van der Waals surface area contributed by atoms with E-state index in [1.807, 2.05) is 0 Å². The summed E-state index contributed by atoms with van der Waals surface area (Å²) in [6.07, 6.45) is 22.1. The smallest absolute Gasteiger partial charge is 0.0655 e. The maximum absolute atomic E-state index is 2.65. The van der Waals surface area contributed by atoms with Crippen molar-refractivity contribution in [2.24, 2.45) is 0 Å². The van der Waals surface area contributed by atoms with Crippen molar-refractivity contribution < 1.29 is 0 Å². The van der Waals surface area contributed by atoms with Crippen molar-refractivity contribution in [1.29, 1.82) is 0 Å². The molecule has 0 fully saturated rings. The molecule has 0 atom stereocenters. The summed E-state index contributed by atoms with van der Waals surface area (Å²) in [4.78, 5) is 5.29. The molecule has 0 aromatic heterocycles. The van der Waals surface area contributed by atoms with Gasteiger partial charge in [-0.3, -0.25) is 0 Å². The number of anilines is 2. The van der Waals surface area contributed by atoms with Gasteiger partial charge in [-0.15, -0.1) is 0 Å². The van der Waals surface area contributed by atoms with Gasteiger partial charge < -0.3 is 9.80 Å². The summed E-state index contributed by atoms with van der Waals surface area (Å²) in [5.74, 6) is 0. The second-order valence-electron chi connectivity index (χ2n) is 10.7. The van der Waals surface area contributed by atoms with Crippen molar-refractivity contribution in [3.05, 3.63) is 95.1 Å². The van der Waals surface area contributed by atoms with Gasteiger partial charge in [0.05, 0.1) is 11.4 Å². The fraction of sp³-hybridized carbons (Fsp3) is 0.429. The molecule has 3 aliphatic rings. The van der Waals surface area contributed by atoms with E-state index in [0.717, 1.165) is 45.4 Å². The van der Waals surface area contributed by atoms with Gasteiger partial charge in [0.25, 0.3) is 0 Å². The molecule has 0 bridgehead atoms. The highest BCUT2D eigenvalue weighted by molar-refractivity contribution is 5.96. The van der Waals surface area contributed by atoms with Crippen molar-refractivity contribution in [3.8, 4) is 11.1 Å². The maximum Gasteiger partial charge on any atom is 0.0655 e. The Morgan fingerprint density at radius 3 is 1.62 bits per heavy atom. The predicted molar refractivity (Wildman–Crippen MR) is 162 cm³/mol. The molecule has 3 aliphatic carbocycles. The Kier molecular flexibility index (Phi) is 6.96. The van der Waals surface area contributed by atoms with Gasteiger partial charge in [-0.25, -0.2) is 0 Å². The third kappa shape index (κ3) is 3.75. The molecule has 0 spiro atoms. The molecule has 37 heavy (non-hydrogen) atoms. The molecular weight excluding hydrogens is 448 g/mol. The highest BCUT2D eigenvalue weighted by atomic mass is 15.2. The van der Waals surface area contributed by atoms with Crippen LogP contribution in [0.2, 0.25) is 0 Å². The Hall–Kier alpha value is -3.00. The van der Waals surface area contributed by atoms with Crippen LogP contribution in [0.5, 0.6) is 0 Å². The summed E-state index contributed by atoms with van der Waals surface area (Å²) in [6, 6.07) is 9.18. The molecule has 2 aromatic rings. The molecule has 2 nitrogen and oxygen atoms in total. The molecule has 0 N–H and O–H groups in total. The summed E-state index contributed by atoms with van der Waals surface area (Å²) in [6.45, 7) is 18.0. The zero-order valence-corrected chi connectivity index (χ0v) is 23.8. The third-order valence-electron chi connectivity index (χ3n) is 9.26. The van der Waals surface area contributed by atoms with Crippen molar-refractivity contribution in [2.45, 2.75) is 71.6 Å². The van der Waals surface area contributed by atoms with Crippen molar-refractivity contribution in [3.63, 3.8) is 0 Å². The number of benzene rings is 2. The molecule has 0 aliphatic heterocycles. The normalized spacial score (nSPS) is 17.5. The first-order valence-corrected chi connectivity index (χ1v) is 14.6. The summed E-state index contributed by atoms with van der Waals surface area (Å²) < 4.78 is 0. The zero-order chi connectivity index (χ0) is 26.2. The van der Waals surface area contributed by atoms with Crippen LogP contribution in [0.25, 0.3) is 11.1 Å². The van der Waals surface area contributed by atoms with Crippen LogP contribution < -0.4 is 9.80 Å². The number of allylic oxidation sites excluding steroid dienone is 8. The fourth-order valence-electron chi connectivity index (χ4n) is 7.18. The van der Waals surface area contributed by atoms with Crippen LogP contribution in [-0.2, 0) is 17.3 Å². The third-order valence-corrected chi connectivity index (χ3v) is 9.26. The van der Waals surface area contributed by atoms with Crippen LogP contribution in [0.3, 0.4) is 0 Å². The second kappa shape index (κ2) is 10.0. The van der Waals surface area contributed by atoms with E-state index < -0.39 is 0 Å². The molecule has 0 saturated carbocycles. The van der Waals surface area contributed by atoms with Gasteiger partial charge in [0, 0.05) is 43.4 Å². The molecule has 0 radical (unpaired) electrons. The van der Waals surface area contributed by atoms with Crippen LogP contribution in [0, 0.1) is 0 Å². The molecule has 2 heteroatoms. The van der Waals surface area contributed by atoms with Crippen LogP contribution in [-0.4, -0.2) is 26.2 Å². The number of rotatable bonds is 10. The van der Waals surface area contributed by atoms with Gasteiger partial charge in [0.15, 0.2) is 0 Å². The van der Waals surface area contributed by atoms with E-state index in [9.17, 15) is 0 Å². The van der Waals surface area contributed by atoms with Crippen LogP contribution in [0.15, 0.2) is 72.9 Å².